The Kier molecular flexibility index (Phi) is 3.28. The molecule has 1 aromatic heterocycles. The van der Waals surface area contributed by atoms with Crippen LogP contribution in [0, 0.1) is 0 Å². The smallest absolute Gasteiger partial charge is 0.399 e. The molecule has 2 aromatic rings. The first kappa shape index (κ1) is 13.9. The average Bonchev–Trinajstić information content (AvgIpc) is 2.94. The molecule has 0 amide bonds. The highest BCUT2D eigenvalue weighted by Crippen LogP contribution is 2.37. The Morgan fingerprint density at radius 1 is 0.900 bits per heavy atom. The van der Waals surface area contributed by atoms with Crippen LogP contribution in [-0.2, 0) is 9.31 Å². The van der Waals surface area contributed by atoms with E-state index in [1.165, 1.54) is 11.1 Å². The Bertz CT molecular complexity index is 588. The summed E-state index contributed by atoms with van der Waals surface area (Å²) >= 11 is 1.69. The minimum atomic E-state index is -0.283. The molecule has 0 N–H and O–H groups in total. The van der Waals surface area contributed by atoms with Crippen LogP contribution in [0.15, 0.2) is 41.8 Å². The highest BCUT2D eigenvalue weighted by Gasteiger charge is 2.52. The van der Waals surface area contributed by atoms with E-state index in [-0.39, 0.29) is 18.3 Å². The molecule has 1 aliphatic heterocycles. The minimum absolute atomic E-state index is 0.262. The van der Waals surface area contributed by atoms with Crippen LogP contribution in [0.4, 0.5) is 0 Å². The van der Waals surface area contributed by atoms with Gasteiger partial charge in [-0.2, -0.15) is 11.3 Å². The summed E-state index contributed by atoms with van der Waals surface area (Å²) in [6.07, 6.45) is 0. The molecule has 2 nitrogen and oxygen atoms in total. The highest BCUT2D eigenvalue weighted by molar-refractivity contribution is 7.21. The standard InChI is InChI=1S/C16H19BO2S/c1-15(2)16(3,4)19-17(18-15)14-10-13(11-20-14)12-8-6-5-7-9-12/h5-11H,1-4H3. The van der Waals surface area contributed by atoms with E-state index in [2.05, 4.69) is 63.4 Å². The molecule has 0 bridgehead atoms. The summed E-state index contributed by atoms with van der Waals surface area (Å²) in [7, 11) is -0.262. The largest absolute Gasteiger partial charge is 0.505 e. The fourth-order valence-electron chi connectivity index (χ4n) is 2.22. The fraction of sp³-hybridized carbons (Fsp3) is 0.375. The van der Waals surface area contributed by atoms with Crippen LogP contribution in [0.2, 0.25) is 0 Å². The van der Waals surface area contributed by atoms with Gasteiger partial charge in [-0.25, -0.2) is 0 Å². The third-order valence-electron chi connectivity index (χ3n) is 4.21. The van der Waals surface area contributed by atoms with Crippen molar-refractivity contribution in [3.8, 4) is 11.1 Å². The van der Waals surface area contributed by atoms with E-state index >= 15 is 0 Å². The highest BCUT2D eigenvalue weighted by atomic mass is 32.1. The molecule has 2 heterocycles. The lowest BCUT2D eigenvalue weighted by molar-refractivity contribution is 0.00578. The molecule has 4 heteroatoms. The molecule has 0 atom stereocenters. The van der Waals surface area contributed by atoms with Crippen molar-refractivity contribution >= 4 is 23.2 Å². The Morgan fingerprint density at radius 2 is 1.50 bits per heavy atom. The zero-order valence-corrected chi connectivity index (χ0v) is 13.2. The molecule has 1 aliphatic rings. The van der Waals surface area contributed by atoms with E-state index in [4.69, 9.17) is 9.31 Å². The summed E-state index contributed by atoms with van der Waals surface area (Å²) < 4.78 is 13.3. The van der Waals surface area contributed by atoms with E-state index in [1.807, 2.05) is 6.07 Å². The van der Waals surface area contributed by atoms with Crippen molar-refractivity contribution < 1.29 is 9.31 Å². The maximum atomic E-state index is 6.09. The van der Waals surface area contributed by atoms with Gasteiger partial charge in [0.2, 0.25) is 0 Å². The van der Waals surface area contributed by atoms with E-state index in [1.54, 1.807) is 11.3 Å². The van der Waals surface area contributed by atoms with Crippen molar-refractivity contribution in [3.05, 3.63) is 41.8 Å². The second-order valence-electron chi connectivity index (χ2n) is 6.19. The van der Waals surface area contributed by atoms with Gasteiger partial charge in [0.05, 0.1) is 11.2 Å². The van der Waals surface area contributed by atoms with Crippen LogP contribution in [0.1, 0.15) is 27.7 Å². The topological polar surface area (TPSA) is 18.5 Å². The average molecular weight is 286 g/mol. The number of hydrogen-bond acceptors (Lipinski definition) is 3. The van der Waals surface area contributed by atoms with Crippen LogP contribution in [0.5, 0.6) is 0 Å². The molecule has 3 rings (SSSR count). The Balaban J connectivity index is 1.86. The molecule has 104 valence electrons. The van der Waals surface area contributed by atoms with E-state index in [0.29, 0.717) is 0 Å². The fourth-order valence-corrected chi connectivity index (χ4v) is 3.09. The lowest BCUT2D eigenvalue weighted by Gasteiger charge is -2.32. The first-order valence-corrected chi connectivity index (χ1v) is 7.76. The molecule has 0 unspecified atom stereocenters. The van der Waals surface area contributed by atoms with Crippen molar-refractivity contribution in [2.45, 2.75) is 38.9 Å². The second-order valence-corrected chi connectivity index (χ2v) is 7.13. The summed E-state index contributed by atoms with van der Waals surface area (Å²) in [5.74, 6) is 0. The molecular formula is C16H19BO2S. The summed E-state index contributed by atoms with van der Waals surface area (Å²) in [6.45, 7) is 8.33. The van der Waals surface area contributed by atoms with Gasteiger partial charge >= 0.3 is 7.12 Å². The van der Waals surface area contributed by atoms with Gasteiger partial charge in [0.25, 0.3) is 0 Å². The summed E-state index contributed by atoms with van der Waals surface area (Å²) in [4.78, 5) is 0. The van der Waals surface area contributed by atoms with Crippen molar-refractivity contribution in [1.29, 1.82) is 0 Å². The van der Waals surface area contributed by atoms with E-state index in [0.717, 1.165) is 4.78 Å². The number of rotatable bonds is 2. The van der Waals surface area contributed by atoms with Gasteiger partial charge < -0.3 is 9.31 Å². The number of hydrogen-bond donors (Lipinski definition) is 0. The van der Waals surface area contributed by atoms with Crippen LogP contribution in [-0.4, -0.2) is 18.3 Å². The van der Waals surface area contributed by atoms with Gasteiger partial charge in [-0.1, -0.05) is 30.3 Å². The molecule has 1 fully saturated rings. The van der Waals surface area contributed by atoms with Crippen LogP contribution >= 0.6 is 11.3 Å². The lowest BCUT2D eigenvalue weighted by atomic mass is 9.87. The summed E-state index contributed by atoms with van der Waals surface area (Å²) in [5.41, 5.74) is 1.88. The van der Waals surface area contributed by atoms with E-state index < -0.39 is 0 Å². The van der Waals surface area contributed by atoms with Gasteiger partial charge in [-0.3, -0.25) is 0 Å². The monoisotopic (exact) mass is 286 g/mol. The first-order valence-electron chi connectivity index (χ1n) is 6.88. The van der Waals surface area contributed by atoms with E-state index in [9.17, 15) is 0 Å². The molecule has 20 heavy (non-hydrogen) atoms. The SMILES string of the molecule is CC1(C)OB(c2cc(-c3ccccc3)cs2)OC1(C)C. The predicted molar refractivity (Wildman–Crippen MR) is 85.5 cm³/mol. The van der Waals surface area contributed by atoms with Crippen molar-refractivity contribution in [2.75, 3.05) is 0 Å². The maximum absolute atomic E-state index is 6.09. The Hall–Kier alpha value is -1.10. The number of benzene rings is 1. The first-order chi connectivity index (χ1) is 9.39. The van der Waals surface area contributed by atoms with Gasteiger partial charge in [0, 0.05) is 4.78 Å². The molecule has 0 radical (unpaired) electrons. The maximum Gasteiger partial charge on any atom is 0.505 e. The van der Waals surface area contributed by atoms with Crippen LogP contribution in [0.25, 0.3) is 11.1 Å². The lowest BCUT2D eigenvalue weighted by Crippen LogP contribution is -2.41. The van der Waals surface area contributed by atoms with Crippen LogP contribution < -0.4 is 4.78 Å². The predicted octanol–water partition coefficient (Wildman–Crippen LogP) is 3.71. The van der Waals surface area contributed by atoms with Crippen molar-refractivity contribution in [3.63, 3.8) is 0 Å². The molecular weight excluding hydrogens is 267 g/mol. The molecule has 1 saturated heterocycles. The number of thiophene rings is 1. The normalized spacial score (nSPS) is 20.3. The van der Waals surface area contributed by atoms with Crippen LogP contribution in [0.3, 0.4) is 0 Å². The van der Waals surface area contributed by atoms with Crippen molar-refractivity contribution in [1.82, 2.24) is 0 Å². The van der Waals surface area contributed by atoms with Crippen molar-refractivity contribution in [2.24, 2.45) is 0 Å². The summed E-state index contributed by atoms with van der Waals surface area (Å²) in [5, 5.41) is 2.16. The zero-order valence-electron chi connectivity index (χ0n) is 12.3. The Morgan fingerprint density at radius 3 is 2.10 bits per heavy atom. The minimum Gasteiger partial charge on any atom is -0.399 e. The molecule has 0 spiro atoms. The Labute approximate surface area is 124 Å². The third-order valence-corrected chi connectivity index (χ3v) is 5.17. The molecule has 0 aliphatic carbocycles. The summed E-state index contributed by atoms with van der Waals surface area (Å²) in [6, 6.07) is 12.6. The van der Waals surface area contributed by atoms with Gasteiger partial charge in [-0.05, 0) is 50.3 Å². The second kappa shape index (κ2) is 4.73. The zero-order chi connectivity index (χ0) is 14.4. The van der Waals surface area contributed by atoms with Gasteiger partial charge in [-0.15, -0.1) is 0 Å². The molecule has 1 aromatic carbocycles. The van der Waals surface area contributed by atoms with Gasteiger partial charge in [0.15, 0.2) is 0 Å². The molecule has 0 saturated carbocycles. The van der Waals surface area contributed by atoms with Gasteiger partial charge in [0.1, 0.15) is 0 Å². The quantitative estimate of drug-likeness (QED) is 0.783. The third kappa shape index (κ3) is 2.32.